The molecule has 0 saturated heterocycles. The molecule has 0 aromatic rings. The van der Waals surface area contributed by atoms with Gasteiger partial charge in [0.05, 0.1) is 0 Å². The summed E-state index contributed by atoms with van der Waals surface area (Å²) < 4.78 is 0. The molecule has 0 spiro atoms. The Bertz CT molecular complexity index is 6.85. The molecule has 0 atom stereocenters. The molecule has 5 heavy (non-hydrogen) atoms. The van der Waals surface area contributed by atoms with Crippen LogP contribution in [0.3, 0.4) is 0 Å². The monoisotopic (exact) mass is 426 g/mol. The van der Waals surface area contributed by atoms with E-state index in [0.717, 1.165) is 0 Å². The zero-order valence-electron chi connectivity index (χ0n) is 2.21. The van der Waals surface area contributed by atoms with E-state index in [9.17, 15) is 0 Å². The van der Waals surface area contributed by atoms with Gasteiger partial charge >= 0.3 is 17.4 Å². The van der Waals surface area contributed by atoms with Crippen molar-refractivity contribution in [1.29, 1.82) is 0 Å². The van der Waals surface area contributed by atoms with Gasteiger partial charge in [0.25, 0.3) is 0 Å². The van der Waals surface area contributed by atoms with Crippen LogP contribution < -0.4 is 71.9 Å². The summed E-state index contributed by atoms with van der Waals surface area (Å²) in [4.78, 5) is 0. The van der Waals surface area contributed by atoms with Crippen LogP contribution in [0.5, 0.6) is 0 Å². The Balaban J connectivity index is 0. The quantitative estimate of drug-likeness (QED) is 0.273. The van der Waals surface area contributed by atoms with Crippen LogP contribution in [0, 0.1) is 0 Å². The van der Waals surface area contributed by atoms with Crippen molar-refractivity contribution in [3.05, 3.63) is 0 Å². The maximum atomic E-state index is 0. The molecule has 0 saturated carbocycles. The average Bonchev–Trinajstić information content (AvgIpc) is 0. The Hall–Kier alpha value is 2.68. The smallest absolute Gasteiger partial charge is 1.00 e. The average molecular weight is 426 g/mol. The Labute approximate surface area is 93.2 Å². The zero-order chi connectivity index (χ0) is 0. The number of rotatable bonds is 0. The van der Waals surface area contributed by atoms with Gasteiger partial charge in [-0.3, -0.25) is 0 Å². The second-order valence-corrected chi connectivity index (χ2v) is 0. The molecule has 0 aliphatic carbocycles. The van der Waals surface area contributed by atoms with E-state index in [0.29, 0.717) is 0 Å². The van der Waals surface area contributed by atoms with E-state index >= 15 is 0 Å². The third kappa shape index (κ3) is 20.4. The van der Waals surface area contributed by atoms with Crippen molar-refractivity contribution in [2.24, 2.45) is 0 Å². The van der Waals surface area contributed by atoms with Gasteiger partial charge in [-0.15, -0.1) is 0 Å². The fourth-order valence-corrected chi connectivity index (χ4v) is 0. The molecule has 0 unspecified atom stereocenters. The minimum atomic E-state index is 0. The van der Waals surface area contributed by atoms with Crippen LogP contribution in [0.25, 0.3) is 0 Å². The maximum absolute atomic E-state index is 0. The van der Waals surface area contributed by atoms with Crippen LogP contribution in [-0.2, 0) is 0 Å². The fraction of sp³-hybridized carbons (Fsp3) is 0. The van der Waals surface area contributed by atoms with Gasteiger partial charge in [0.2, 0.25) is 0 Å². The van der Waals surface area contributed by atoms with Gasteiger partial charge in [-0.25, -0.2) is 0 Å². The Morgan fingerprint density at radius 1 is 0.600 bits per heavy atom. The molecule has 5 heteroatoms. The molecule has 0 aliphatic rings. The topological polar surface area (TPSA) is 31.5 Å². The molecule has 32 valence electrons. The number of halogens is 3. The van der Waals surface area contributed by atoms with Crippen LogP contribution in [0.1, 0.15) is 0 Å². The Morgan fingerprint density at radius 2 is 0.600 bits per heavy atom. The van der Waals surface area contributed by atoms with Gasteiger partial charge in [-0.05, 0) is 0 Å². The van der Waals surface area contributed by atoms with Crippen LogP contribution >= 0.6 is 0 Å². The molecule has 0 aliphatic heterocycles. The molecule has 0 heterocycles. The van der Waals surface area contributed by atoms with Crippen LogP contribution in [0.15, 0.2) is 0 Å². The SMILES string of the molecule is O.[Al+3].[I-].[I-].[I-]. The summed E-state index contributed by atoms with van der Waals surface area (Å²) in [5.74, 6) is 0. The summed E-state index contributed by atoms with van der Waals surface area (Å²) in [7, 11) is 0. The number of hydrogen-bond donors (Lipinski definition) is 0. The van der Waals surface area contributed by atoms with Crippen LogP contribution in [0.2, 0.25) is 0 Å². The predicted octanol–water partition coefficient (Wildman–Crippen LogP) is -10.2. The van der Waals surface area contributed by atoms with Crippen molar-refractivity contribution in [2.75, 3.05) is 0 Å². The van der Waals surface area contributed by atoms with E-state index in [4.69, 9.17) is 0 Å². The zero-order valence-corrected chi connectivity index (χ0v) is 9.84. The summed E-state index contributed by atoms with van der Waals surface area (Å²) in [6.45, 7) is 0. The fourth-order valence-electron chi connectivity index (χ4n) is 0. The van der Waals surface area contributed by atoms with Crippen LogP contribution in [-0.4, -0.2) is 22.8 Å². The van der Waals surface area contributed by atoms with E-state index in [1.165, 1.54) is 0 Å². The van der Waals surface area contributed by atoms with E-state index in [1.54, 1.807) is 0 Å². The predicted molar refractivity (Wildman–Crippen MR) is 9.37 cm³/mol. The van der Waals surface area contributed by atoms with Crippen molar-refractivity contribution in [2.45, 2.75) is 0 Å². The largest absolute Gasteiger partial charge is 3.00 e. The van der Waals surface area contributed by atoms with Gasteiger partial charge in [-0.1, -0.05) is 0 Å². The first-order valence-corrected chi connectivity index (χ1v) is 0. The molecular weight excluding hydrogens is 424 g/mol. The third-order valence-corrected chi connectivity index (χ3v) is 0. The maximum Gasteiger partial charge on any atom is 3.00 e. The van der Waals surface area contributed by atoms with E-state index < -0.39 is 0 Å². The molecular formula is H2AlI3O. The summed E-state index contributed by atoms with van der Waals surface area (Å²) in [6, 6.07) is 0. The van der Waals surface area contributed by atoms with E-state index in [-0.39, 0.29) is 94.8 Å². The molecule has 0 fully saturated rings. The molecule has 0 bridgehead atoms. The second-order valence-electron chi connectivity index (χ2n) is 0. The molecule has 0 aromatic carbocycles. The summed E-state index contributed by atoms with van der Waals surface area (Å²) in [5, 5.41) is 0. The Kier molecular flexibility index (Phi) is 286. The van der Waals surface area contributed by atoms with Gasteiger partial charge in [0.15, 0.2) is 0 Å². The molecule has 1 nitrogen and oxygen atoms in total. The van der Waals surface area contributed by atoms with Crippen molar-refractivity contribution in [3.63, 3.8) is 0 Å². The molecule has 0 aromatic heterocycles. The van der Waals surface area contributed by atoms with Crippen LogP contribution in [0.4, 0.5) is 0 Å². The standard InChI is InChI=1S/Al.3HI.H2O/h;3*1H;1H2/q+3;;;;/p-3. The van der Waals surface area contributed by atoms with E-state index in [2.05, 4.69) is 0 Å². The first-order valence-electron chi connectivity index (χ1n) is 0. The van der Waals surface area contributed by atoms with Gasteiger partial charge < -0.3 is 77.4 Å². The Morgan fingerprint density at radius 3 is 0.600 bits per heavy atom. The van der Waals surface area contributed by atoms with Gasteiger partial charge in [0, 0.05) is 0 Å². The molecule has 0 amide bonds. The molecule has 0 rings (SSSR count). The number of hydrogen-bond acceptors (Lipinski definition) is 0. The summed E-state index contributed by atoms with van der Waals surface area (Å²) in [5.41, 5.74) is 0. The normalized spacial score (nSPS) is 0. The van der Waals surface area contributed by atoms with Gasteiger partial charge in [0.1, 0.15) is 0 Å². The summed E-state index contributed by atoms with van der Waals surface area (Å²) in [6.07, 6.45) is 0. The third-order valence-electron chi connectivity index (χ3n) is 0. The van der Waals surface area contributed by atoms with Crippen molar-refractivity contribution in [1.82, 2.24) is 0 Å². The summed E-state index contributed by atoms with van der Waals surface area (Å²) >= 11 is 0. The van der Waals surface area contributed by atoms with E-state index in [1.807, 2.05) is 0 Å². The molecule has 0 radical (unpaired) electrons. The molecule has 2 N–H and O–H groups in total. The minimum Gasteiger partial charge on any atom is -1.00 e. The first-order chi connectivity index (χ1) is 0. The van der Waals surface area contributed by atoms with Crippen molar-refractivity contribution < 1.29 is 77.4 Å². The van der Waals surface area contributed by atoms with Gasteiger partial charge in [-0.2, -0.15) is 0 Å². The second kappa shape index (κ2) is 30.0. The van der Waals surface area contributed by atoms with Crippen molar-refractivity contribution >= 4 is 17.4 Å². The first kappa shape index (κ1) is 47.7. The van der Waals surface area contributed by atoms with Crippen molar-refractivity contribution in [3.8, 4) is 0 Å². The minimum absolute atomic E-state index is 0.